The second kappa shape index (κ2) is 9.42. The molecule has 0 aliphatic carbocycles. The number of nitrogens with one attached hydrogen (secondary N) is 1. The van der Waals surface area contributed by atoms with Crippen molar-refractivity contribution in [2.24, 2.45) is 5.16 Å². The smallest absolute Gasteiger partial charge is 0.352 e. The number of β-lactam (4-membered cyclic amide) rings is 1. The number of hydrogen-bond acceptors (Lipinski definition) is 11. The number of oxime groups is 1. The van der Waals surface area contributed by atoms with Crippen LogP contribution in [-0.2, 0) is 25.8 Å². The van der Waals surface area contributed by atoms with Gasteiger partial charge in [-0.15, -0.1) is 11.8 Å². The first kappa shape index (κ1) is 24.1. The summed E-state index contributed by atoms with van der Waals surface area (Å²) < 4.78 is 6.51. The van der Waals surface area contributed by atoms with Crippen LogP contribution >= 0.6 is 11.8 Å². The minimum absolute atomic E-state index is 0.101. The number of anilines is 2. The van der Waals surface area contributed by atoms with E-state index in [1.807, 2.05) is 41.2 Å². The fourth-order valence-corrected chi connectivity index (χ4v) is 5.57. The number of nitrogens with two attached hydrogens (primary N) is 2. The Morgan fingerprint density at radius 3 is 2.89 bits per heavy atom. The minimum Gasteiger partial charge on any atom is -0.477 e. The molecule has 0 saturated carbocycles. The monoisotopic (exact) mass is 525 g/mol. The molecule has 2 aliphatic heterocycles. The molecule has 1 saturated heterocycles. The van der Waals surface area contributed by atoms with E-state index in [-0.39, 0.29) is 29.8 Å². The lowest BCUT2D eigenvalue weighted by Crippen LogP contribution is -2.71. The first-order valence-electron chi connectivity index (χ1n) is 10.9. The number of pyridine rings is 1. The summed E-state index contributed by atoms with van der Waals surface area (Å²) in [5.74, 6) is -2.49. The quantitative estimate of drug-likeness (QED) is 0.101. The number of aromatic nitrogens is 3. The number of nitrogen functional groups attached to an aromatic ring is 2. The number of amides is 2. The molecule has 1 fully saturated rings. The van der Waals surface area contributed by atoms with Crippen molar-refractivity contribution in [1.29, 1.82) is 0 Å². The second-order valence-electron chi connectivity index (χ2n) is 8.16. The Morgan fingerprint density at radius 2 is 2.19 bits per heavy atom. The van der Waals surface area contributed by atoms with Crippen LogP contribution in [0.15, 0.2) is 57.6 Å². The molecule has 5 rings (SSSR count). The largest absolute Gasteiger partial charge is 0.477 e. The average molecular weight is 526 g/mol. The normalized spacial score (nSPS) is 19.4. The SMILES string of the molecule is CO/N=C(\C(=O)NC1C(=O)N2C(C(=O)O)=C(C[n+]3ccc4c(N)cccc4c3)CS[C@H]12)c1noc(N)n1. The van der Waals surface area contributed by atoms with Gasteiger partial charge in [-0.1, -0.05) is 16.4 Å². The Labute approximate surface area is 212 Å². The van der Waals surface area contributed by atoms with Gasteiger partial charge in [0.15, 0.2) is 18.9 Å². The number of benzene rings is 1. The Bertz CT molecular complexity index is 1500. The van der Waals surface area contributed by atoms with Crippen molar-refractivity contribution >= 4 is 57.7 Å². The lowest BCUT2D eigenvalue weighted by molar-refractivity contribution is -0.687. The van der Waals surface area contributed by atoms with Crippen LogP contribution in [0, 0.1) is 0 Å². The number of carboxylic acids is 1. The van der Waals surface area contributed by atoms with E-state index in [9.17, 15) is 19.5 Å². The molecule has 0 bridgehead atoms. The predicted octanol–water partition coefficient (Wildman–Crippen LogP) is -0.536. The molecule has 4 heterocycles. The number of nitrogens with zero attached hydrogens (tertiary/aromatic N) is 5. The third kappa shape index (κ3) is 4.29. The lowest BCUT2D eigenvalue weighted by Gasteiger charge is -2.49. The summed E-state index contributed by atoms with van der Waals surface area (Å²) in [6.45, 7) is 0.261. The number of carbonyl (C=O) groups is 3. The highest BCUT2D eigenvalue weighted by Crippen LogP contribution is 2.40. The standard InChI is InChI=1S/C22H20N8O6S/c1-35-27-14(17-26-22(24)36-28-17)18(31)25-15-19(32)30-16(21(33)34)11(9-37-20(15)30)8-29-6-5-12-10(7-29)3-2-4-13(12)23/h2-7,15,20H,8-9,23H2,1H3,(H3-,24,25,26,28,31,33,34)/p+1/b27-14-/t15?,20-/m1/s1. The molecule has 15 heteroatoms. The minimum atomic E-state index is -1.23. The zero-order valence-electron chi connectivity index (χ0n) is 19.3. The fraction of sp³-hybridized carbons (Fsp3) is 0.227. The molecule has 2 aliphatic rings. The van der Waals surface area contributed by atoms with Crippen molar-refractivity contribution in [2.45, 2.75) is 18.0 Å². The van der Waals surface area contributed by atoms with E-state index in [1.54, 1.807) is 0 Å². The summed E-state index contributed by atoms with van der Waals surface area (Å²) in [5.41, 5.74) is 12.2. The van der Waals surface area contributed by atoms with Crippen LogP contribution in [-0.4, -0.2) is 67.9 Å². The fourth-order valence-electron chi connectivity index (χ4n) is 4.24. The molecule has 190 valence electrons. The first-order chi connectivity index (χ1) is 17.8. The highest BCUT2D eigenvalue weighted by Gasteiger charge is 2.55. The van der Waals surface area contributed by atoms with E-state index < -0.39 is 29.2 Å². The topological polar surface area (TPSA) is 203 Å². The van der Waals surface area contributed by atoms with Gasteiger partial charge in [0.2, 0.25) is 11.5 Å². The molecule has 1 unspecified atom stereocenters. The van der Waals surface area contributed by atoms with E-state index in [2.05, 4.69) is 30.0 Å². The van der Waals surface area contributed by atoms with E-state index in [0.717, 1.165) is 10.8 Å². The van der Waals surface area contributed by atoms with Crippen molar-refractivity contribution in [3.8, 4) is 0 Å². The third-order valence-corrected chi connectivity index (χ3v) is 7.21. The molecule has 0 spiro atoms. The summed E-state index contributed by atoms with van der Waals surface area (Å²) in [4.78, 5) is 47.7. The number of carbonyl (C=O) groups excluding carboxylic acids is 2. The van der Waals surface area contributed by atoms with Gasteiger partial charge in [0.1, 0.15) is 24.2 Å². The first-order valence-corrected chi connectivity index (χ1v) is 11.9. The van der Waals surface area contributed by atoms with Crippen LogP contribution in [0.1, 0.15) is 5.82 Å². The van der Waals surface area contributed by atoms with Crippen molar-refractivity contribution in [3.05, 3.63) is 53.8 Å². The maximum atomic E-state index is 13.0. The highest BCUT2D eigenvalue weighted by atomic mass is 32.2. The molecule has 0 radical (unpaired) electrons. The summed E-state index contributed by atoms with van der Waals surface area (Å²) in [5, 5.41) is 20.8. The number of carboxylic acid groups (broad SMARTS) is 1. The van der Waals surface area contributed by atoms with Crippen molar-refractivity contribution < 1.29 is 33.4 Å². The van der Waals surface area contributed by atoms with Gasteiger partial charge in [0.25, 0.3) is 11.8 Å². The molecule has 37 heavy (non-hydrogen) atoms. The molecule has 2 aromatic heterocycles. The van der Waals surface area contributed by atoms with Crippen LogP contribution < -0.4 is 21.4 Å². The average Bonchev–Trinajstić information content (AvgIpc) is 3.31. The Hall–Kier alpha value is -4.66. The molecule has 3 aromatic rings. The van der Waals surface area contributed by atoms with Gasteiger partial charge in [-0.25, -0.2) is 9.36 Å². The molecule has 2 atom stereocenters. The van der Waals surface area contributed by atoms with Gasteiger partial charge in [0.05, 0.1) is 0 Å². The lowest BCUT2D eigenvalue weighted by atomic mass is 10.0. The number of aliphatic carboxylic acids is 1. The Morgan fingerprint density at radius 1 is 1.38 bits per heavy atom. The molecule has 14 nitrogen and oxygen atoms in total. The zero-order valence-corrected chi connectivity index (χ0v) is 20.1. The summed E-state index contributed by atoms with van der Waals surface area (Å²) in [6, 6.07) is 6.15. The van der Waals surface area contributed by atoms with Crippen molar-refractivity contribution in [1.82, 2.24) is 20.4 Å². The third-order valence-electron chi connectivity index (χ3n) is 5.87. The zero-order chi connectivity index (χ0) is 26.3. The summed E-state index contributed by atoms with van der Waals surface area (Å²) in [7, 11) is 1.22. The van der Waals surface area contributed by atoms with E-state index in [0.29, 0.717) is 17.0 Å². The number of fused-ring (bicyclic) bond motifs is 2. The molecule has 6 N–H and O–H groups in total. The predicted molar refractivity (Wildman–Crippen MR) is 130 cm³/mol. The van der Waals surface area contributed by atoms with Gasteiger partial charge < -0.3 is 31.3 Å². The van der Waals surface area contributed by atoms with Gasteiger partial charge in [0, 0.05) is 33.9 Å². The summed E-state index contributed by atoms with van der Waals surface area (Å²) >= 11 is 1.34. The maximum absolute atomic E-state index is 13.0. The van der Waals surface area contributed by atoms with Crippen LogP contribution in [0.3, 0.4) is 0 Å². The van der Waals surface area contributed by atoms with Gasteiger partial charge in [-0.3, -0.25) is 14.5 Å². The molecule has 2 amide bonds. The van der Waals surface area contributed by atoms with E-state index in [1.165, 1.54) is 23.8 Å². The number of hydrogen-bond donors (Lipinski definition) is 4. The van der Waals surface area contributed by atoms with Gasteiger partial charge in [-0.05, 0) is 12.1 Å². The van der Waals surface area contributed by atoms with E-state index >= 15 is 0 Å². The van der Waals surface area contributed by atoms with Crippen molar-refractivity contribution in [3.63, 3.8) is 0 Å². The highest BCUT2D eigenvalue weighted by molar-refractivity contribution is 8.00. The van der Waals surface area contributed by atoms with Crippen LogP contribution in [0.2, 0.25) is 0 Å². The van der Waals surface area contributed by atoms with Gasteiger partial charge >= 0.3 is 12.0 Å². The van der Waals surface area contributed by atoms with Crippen molar-refractivity contribution in [2.75, 3.05) is 24.3 Å². The second-order valence-corrected chi connectivity index (χ2v) is 9.27. The van der Waals surface area contributed by atoms with E-state index in [4.69, 9.17) is 11.5 Å². The number of thioether (sulfide) groups is 1. The summed E-state index contributed by atoms with van der Waals surface area (Å²) in [6.07, 6.45) is 3.68. The maximum Gasteiger partial charge on any atom is 0.352 e. The Kier molecular flexibility index (Phi) is 6.12. The molecular weight excluding hydrogens is 504 g/mol. The van der Waals surface area contributed by atoms with Crippen LogP contribution in [0.5, 0.6) is 0 Å². The Balaban J connectivity index is 1.36. The molecule has 1 aromatic carbocycles. The van der Waals surface area contributed by atoms with Gasteiger partial charge in [-0.2, -0.15) is 4.98 Å². The molecular formula is C22H21N8O6S+. The van der Waals surface area contributed by atoms with Crippen LogP contribution in [0.4, 0.5) is 11.7 Å². The van der Waals surface area contributed by atoms with Crippen LogP contribution in [0.25, 0.3) is 10.8 Å². The number of rotatable bonds is 7.